The summed E-state index contributed by atoms with van der Waals surface area (Å²) in [6.07, 6.45) is 1.36. The van der Waals surface area contributed by atoms with E-state index in [2.05, 4.69) is 4.98 Å². The number of fused-ring (bicyclic) bond motifs is 1. The molecule has 1 aliphatic heterocycles. The average molecular weight is 296 g/mol. The van der Waals surface area contributed by atoms with Gasteiger partial charge in [0.25, 0.3) is 0 Å². The highest BCUT2D eigenvalue weighted by molar-refractivity contribution is 7.91. The van der Waals surface area contributed by atoms with Gasteiger partial charge in [-0.3, -0.25) is 0 Å². The second kappa shape index (κ2) is 4.85. The Balaban J connectivity index is 1.74. The van der Waals surface area contributed by atoms with Gasteiger partial charge in [0, 0.05) is 12.5 Å². The third-order valence-corrected chi connectivity index (χ3v) is 6.47. The van der Waals surface area contributed by atoms with Crippen LogP contribution in [0.1, 0.15) is 11.4 Å². The Morgan fingerprint density at radius 3 is 2.89 bits per heavy atom. The van der Waals surface area contributed by atoms with E-state index in [1.807, 2.05) is 24.3 Å². The first-order chi connectivity index (χ1) is 9.03. The number of hydrogen-bond donors (Lipinski definition) is 1. The molecule has 0 spiro atoms. The second-order valence-electron chi connectivity index (χ2n) is 5.11. The number of rotatable bonds is 3. The van der Waals surface area contributed by atoms with E-state index in [0.717, 1.165) is 15.2 Å². The molecule has 0 saturated carbocycles. The number of para-hydroxylation sites is 1. The fraction of sp³-hybridized carbons (Fsp3) is 0.462. The molecule has 0 bridgehead atoms. The van der Waals surface area contributed by atoms with Crippen LogP contribution in [0.5, 0.6) is 0 Å². The predicted molar refractivity (Wildman–Crippen MR) is 78.1 cm³/mol. The van der Waals surface area contributed by atoms with E-state index in [1.165, 1.54) is 0 Å². The minimum Gasteiger partial charge on any atom is -0.327 e. The minimum absolute atomic E-state index is 0.0806. The normalized spacial score (nSPS) is 23.7. The highest BCUT2D eigenvalue weighted by atomic mass is 32.2. The lowest BCUT2D eigenvalue weighted by atomic mass is 9.98. The van der Waals surface area contributed by atoms with E-state index in [1.54, 1.807) is 11.3 Å². The van der Waals surface area contributed by atoms with E-state index in [4.69, 9.17) is 5.73 Å². The van der Waals surface area contributed by atoms with Crippen LogP contribution in [0.25, 0.3) is 10.2 Å². The maximum atomic E-state index is 11.5. The molecule has 2 heterocycles. The molecule has 19 heavy (non-hydrogen) atoms. The van der Waals surface area contributed by atoms with Crippen molar-refractivity contribution in [2.24, 2.45) is 11.7 Å². The molecule has 1 aromatic heterocycles. The molecule has 1 aromatic carbocycles. The molecular weight excluding hydrogens is 280 g/mol. The molecular formula is C13H16N2O2S2. The SMILES string of the molecule is NC(Cc1nc2ccccc2s1)C1CCS(=O)(=O)C1. The third-order valence-electron chi connectivity index (χ3n) is 3.62. The first-order valence-corrected chi connectivity index (χ1v) is 8.98. The zero-order valence-corrected chi connectivity index (χ0v) is 12.1. The molecule has 2 atom stereocenters. The maximum absolute atomic E-state index is 11.5. The standard InChI is InChI=1S/C13H16N2O2S2/c14-10(9-5-6-19(16,17)8-9)7-13-15-11-3-1-2-4-12(11)18-13/h1-4,9-10H,5-8,14H2. The quantitative estimate of drug-likeness (QED) is 0.933. The Kier molecular flexibility index (Phi) is 3.32. The fourth-order valence-electron chi connectivity index (χ4n) is 2.54. The van der Waals surface area contributed by atoms with Crippen molar-refractivity contribution in [3.63, 3.8) is 0 Å². The molecule has 3 rings (SSSR count). The van der Waals surface area contributed by atoms with Gasteiger partial charge >= 0.3 is 0 Å². The molecule has 1 saturated heterocycles. The average Bonchev–Trinajstić information content (AvgIpc) is 2.91. The van der Waals surface area contributed by atoms with E-state index in [-0.39, 0.29) is 23.5 Å². The van der Waals surface area contributed by atoms with Gasteiger partial charge in [-0.05, 0) is 24.5 Å². The Hall–Kier alpha value is -0.980. The van der Waals surface area contributed by atoms with Crippen molar-refractivity contribution >= 4 is 31.4 Å². The summed E-state index contributed by atoms with van der Waals surface area (Å²) in [6.45, 7) is 0. The number of hydrogen-bond acceptors (Lipinski definition) is 5. The second-order valence-corrected chi connectivity index (χ2v) is 8.45. The number of thiazole rings is 1. The van der Waals surface area contributed by atoms with Gasteiger partial charge in [0.1, 0.15) is 0 Å². The molecule has 6 heteroatoms. The third kappa shape index (κ3) is 2.80. The lowest BCUT2D eigenvalue weighted by Gasteiger charge is -2.15. The molecule has 0 amide bonds. The first-order valence-electron chi connectivity index (χ1n) is 6.34. The van der Waals surface area contributed by atoms with E-state index in [9.17, 15) is 8.42 Å². The molecule has 2 N–H and O–H groups in total. The molecule has 1 fully saturated rings. The van der Waals surface area contributed by atoms with Crippen LogP contribution < -0.4 is 5.73 Å². The van der Waals surface area contributed by atoms with Gasteiger partial charge in [-0.1, -0.05) is 12.1 Å². The zero-order valence-electron chi connectivity index (χ0n) is 10.5. The van der Waals surface area contributed by atoms with E-state index in [0.29, 0.717) is 12.8 Å². The summed E-state index contributed by atoms with van der Waals surface area (Å²) < 4.78 is 24.1. The number of benzene rings is 1. The van der Waals surface area contributed by atoms with E-state index < -0.39 is 9.84 Å². The van der Waals surface area contributed by atoms with Crippen LogP contribution in [-0.4, -0.2) is 30.9 Å². The van der Waals surface area contributed by atoms with Crippen LogP contribution in [0.15, 0.2) is 24.3 Å². The Bertz CT molecular complexity index is 660. The van der Waals surface area contributed by atoms with Gasteiger partial charge in [-0.15, -0.1) is 11.3 Å². The fourth-order valence-corrected chi connectivity index (χ4v) is 5.47. The van der Waals surface area contributed by atoms with Crippen LogP contribution >= 0.6 is 11.3 Å². The van der Waals surface area contributed by atoms with Crippen LogP contribution in [-0.2, 0) is 16.3 Å². The Morgan fingerprint density at radius 2 is 2.21 bits per heavy atom. The molecule has 102 valence electrons. The number of nitrogens with zero attached hydrogens (tertiary/aromatic N) is 1. The van der Waals surface area contributed by atoms with Gasteiger partial charge in [-0.2, -0.15) is 0 Å². The van der Waals surface area contributed by atoms with Gasteiger partial charge in [0.2, 0.25) is 0 Å². The first kappa shape index (κ1) is 13.0. The van der Waals surface area contributed by atoms with Crippen molar-refractivity contribution in [2.75, 3.05) is 11.5 Å². The smallest absolute Gasteiger partial charge is 0.150 e. The monoisotopic (exact) mass is 296 g/mol. The number of nitrogens with two attached hydrogens (primary N) is 1. The van der Waals surface area contributed by atoms with Crippen molar-refractivity contribution in [1.29, 1.82) is 0 Å². The van der Waals surface area contributed by atoms with Crippen molar-refractivity contribution in [2.45, 2.75) is 18.9 Å². The van der Waals surface area contributed by atoms with E-state index >= 15 is 0 Å². The van der Waals surface area contributed by atoms with Crippen molar-refractivity contribution in [1.82, 2.24) is 4.98 Å². The molecule has 0 radical (unpaired) electrons. The molecule has 4 nitrogen and oxygen atoms in total. The Morgan fingerprint density at radius 1 is 1.42 bits per heavy atom. The van der Waals surface area contributed by atoms with Gasteiger partial charge in [-0.25, -0.2) is 13.4 Å². The molecule has 2 unspecified atom stereocenters. The number of sulfone groups is 1. The van der Waals surface area contributed by atoms with Crippen molar-refractivity contribution < 1.29 is 8.42 Å². The predicted octanol–water partition coefficient (Wildman–Crippen LogP) is 1.60. The van der Waals surface area contributed by atoms with Crippen molar-refractivity contribution in [3.8, 4) is 0 Å². The Labute approximate surface area is 116 Å². The molecule has 1 aliphatic rings. The molecule has 0 aliphatic carbocycles. The summed E-state index contributed by atoms with van der Waals surface area (Å²) in [5, 5.41) is 0.998. The van der Waals surface area contributed by atoms with Crippen LogP contribution in [0, 0.1) is 5.92 Å². The lowest BCUT2D eigenvalue weighted by molar-refractivity contribution is 0.460. The topological polar surface area (TPSA) is 73.0 Å². The highest BCUT2D eigenvalue weighted by Crippen LogP contribution is 2.26. The summed E-state index contributed by atoms with van der Waals surface area (Å²) in [7, 11) is -2.85. The minimum atomic E-state index is -2.85. The summed E-state index contributed by atoms with van der Waals surface area (Å²) >= 11 is 1.64. The summed E-state index contributed by atoms with van der Waals surface area (Å²) in [5.74, 6) is 0.599. The largest absolute Gasteiger partial charge is 0.327 e. The zero-order chi connectivity index (χ0) is 13.5. The maximum Gasteiger partial charge on any atom is 0.150 e. The van der Waals surface area contributed by atoms with Gasteiger partial charge < -0.3 is 5.73 Å². The summed E-state index contributed by atoms with van der Waals surface area (Å²) in [4.78, 5) is 4.55. The van der Waals surface area contributed by atoms with Crippen LogP contribution in [0.3, 0.4) is 0 Å². The summed E-state index contributed by atoms with van der Waals surface area (Å²) in [6, 6.07) is 7.88. The van der Waals surface area contributed by atoms with Crippen LogP contribution in [0.2, 0.25) is 0 Å². The lowest BCUT2D eigenvalue weighted by Crippen LogP contribution is -2.33. The highest BCUT2D eigenvalue weighted by Gasteiger charge is 2.32. The van der Waals surface area contributed by atoms with Crippen molar-refractivity contribution in [3.05, 3.63) is 29.3 Å². The van der Waals surface area contributed by atoms with Gasteiger partial charge in [0.15, 0.2) is 9.84 Å². The summed E-state index contributed by atoms with van der Waals surface area (Å²) in [5.41, 5.74) is 7.15. The number of aromatic nitrogens is 1. The molecule has 2 aromatic rings. The van der Waals surface area contributed by atoms with Gasteiger partial charge in [0.05, 0.1) is 26.7 Å². The van der Waals surface area contributed by atoms with Crippen LogP contribution in [0.4, 0.5) is 0 Å².